The van der Waals surface area contributed by atoms with Gasteiger partial charge in [0, 0.05) is 27.3 Å². The number of nitrogens with zero attached hydrogens (tertiary/aromatic N) is 1. The Balaban J connectivity index is 2.44. The summed E-state index contributed by atoms with van der Waals surface area (Å²) in [6.07, 6.45) is 4.07. The largest absolute Gasteiger partial charge is 0.260 e. The first-order valence-corrected chi connectivity index (χ1v) is 6.19. The lowest BCUT2D eigenvalue weighted by Crippen LogP contribution is -1.82. The van der Waals surface area contributed by atoms with E-state index < -0.39 is 0 Å². The molecule has 0 amide bonds. The van der Waals surface area contributed by atoms with Gasteiger partial charge in [-0.3, -0.25) is 4.99 Å². The second kappa shape index (κ2) is 4.67. The van der Waals surface area contributed by atoms with Crippen molar-refractivity contribution in [1.82, 2.24) is 0 Å². The van der Waals surface area contributed by atoms with Gasteiger partial charge in [0.15, 0.2) is 0 Å². The predicted molar refractivity (Wildman–Crippen MR) is 67.5 cm³/mol. The molecule has 0 aromatic heterocycles. The first-order valence-electron chi connectivity index (χ1n) is 5.38. The summed E-state index contributed by atoms with van der Waals surface area (Å²) < 4.78 is 0. The number of rotatable bonds is 2. The van der Waals surface area contributed by atoms with Crippen molar-refractivity contribution in [2.45, 2.75) is 31.6 Å². The summed E-state index contributed by atoms with van der Waals surface area (Å²) in [7, 11) is 0. The van der Waals surface area contributed by atoms with Crippen molar-refractivity contribution in [3.05, 3.63) is 40.4 Å². The minimum atomic E-state index is 1.01. The second-order valence-corrected chi connectivity index (χ2v) is 4.61. The Morgan fingerprint density at radius 3 is 2.67 bits per heavy atom. The standard InChI is InChI=1S/C13H15NS/c1-3-11-12(4-2)15-13-8-6-5-7-10(13)9-14-11/h5-9H,3-4H2,1-2H3. The SMILES string of the molecule is CCC1=C(CC)Sc2ccccc2C=N1. The molecule has 0 atom stereocenters. The molecule has 0 spiro atoms. The van der Waals surface area contributed by atoms with Crippen LogP contribution in [0.3, 0.4) is 0 Å². The smallest absolute Gasteiger partial charge is 0.0499 e. The number of allylic oxidation sites excluding steroid dienone is 2. The molecule has 1 aliphatic heterocycles. The zero-order valence-corrected chi connectivity index (χ0v) is 9.97. The molecule has 1 aliphatic rings. The lowest BCUT2D eigenvalue weighted by atomic mass is 10.2. The number of hydrogen-bond donors (Lipinski definition) is 0. The molecule has 2 rings (SSSR count). The molecule has 1 aromatic carbocycles. The van der Waals surface area contributed by atoms with E-state index in [1.807, 2.05) is 18.0 Å². The quantitative estimate of drug-likeness (QED) is 0.721. The molecule has 0 aliphatic carbocycles. The average molecular weight is 217 g/mol. The van der Waals surface area contributed by atoms with Crippen LogP contribution >= 0.6 is 11.8 Å². The van der Waals surface area contributed by atoms with Gasteiger partial charge in [-0.25, -0.2) is 0 Å². The summed E-state index contributed by atoms with van der Waals surface area (Å²) in [6, 6.07) is 8.44. The second-order valence-electron chi connectivity index (χ2n) is 3.48. The summed E-state index contributed by atoms with van der Waals surface area (Å²) in [5, 5.41) is 0. The molecular weight excluding hydrogens is 202 g/mol. The van der Waals surface area contributed by atoms with Crippen molar-refractivity contribution >= 4 is 18.0 Å². The zero-order valence-electron chi connectivity index (χ0n) is 9.16. The summed E-state index contributed by atoms with van der Waals surface area (Å²) in [5.74, 6) is 0. The molecule has 0 fully saturated rings. The van der Waals surface area contributed by atoms with Gasteiger partial charge < -0.3 is 0 Å². The van der Waals surface area contributed by atoms with Crippen molar-refractivity contribution in [2.75, 3.05) is 0 Å². The van der Waals surface area contributed by atoms with E-state index in [1.54, 1.807) is 0 Å². The van der Waals surface area contributed by atoms with E-state index in [0.29, 0.717) is 0 Å². The normalized spacial score (nSPS) is 15.1. The predicted octanol–water partition coefficient (Wildman–Crippen LogP) is 4.24. The Hall–Kier alpha value is -1.02. The minimum absolute atomic E-state index is 1.01. The van der Waals surface area contributed by atoms with Gasteiger partial charge in [-0.05, 0) is 18.9 Å². The molecule has 78 valence electrons. The van der Waals surface area contributed by atoms with Crippen LogP contribution in [-0.4, -0.2) is 6.21 Å². The Morgan fingerprint density at radius 1 is 1.13 bits per heavy atom. The highest BCUT2D eigenvalue weighted by molar-refractivity contribution is 8.03. The number of benzene rings is 1. The highest BCUT2D eigenvalue weighted by atomic mass is 32.2. The highest BCUT2D eigenvalue weighted by Gasteiger charge is 2.10. The number of aliphatic imine (C=N–C) groups is 1. The molecular formula is C13H15NS. The maximum Gasteiger partial charge on any atom is 0.0499 e. The van der Waals surface area contributed by atoms with Gasteiger partial charge in [0.1, 0.15) is 0 Å². The maximum atomic E-state index is 4.57. The minimum Gasteiger partial charge on any atom is -0.260 e. The van der Waals surface area contributed by atoms with Gasteiger partial charge in [-0.15, -0.1) is 0 Å². The van der Waals surface area contributed by atoms with Gasteiger partial charge in [-0.1, -0.05) is 43.8 Å². The third kappa shape index (κ3) is 2.15. The van der Waals surface area contributed by atoms with E-state index >= 15 is 0 Å². The highest BCUT2D eigenvalue weighted by Crippen LogP contribution is 2.36. The maximum absolute atomic E-state index is 4.57. The van der Waals surface area contributed by atoms with E-state index in [2.05, 4.69) is 43.1 Å². The van der Waals surface area contributed by atoms with E-state index in [-0.39, 0.29) is 0 Å². The van der Waals surface area contributed by atoms with Crippen LogP contribution < -0.4 is 0 Å². The number of hydrogen-bond acceptors (Lipinski definition) is 2. The van der Waals surface area contributed by atoms with Gasteiger partial charge in [0.2, 0.25) is 0 Å². The Kier molecular flexibility index (Phi) is 3.27. The molecule has 0 bridgehead atoms. The number of fused-ring (bicyclic) bond motifs is 1. The van der Waals surface area contributed by atoms with Crippen LogP contribution in [0.25, 0.3) is 0 Å². The van der Waals surface area contributed by atoms with Crippen molar-refractivity contribution in [3.63, 3.8) is 0 Å². The van der Waals surface area contributed by atoms with Crippen molar-refractivity contribution in [2.24, 2.45) is 4.99 Å². The Labute approximate surface area is 95.3 Å². The fourth-order valence-corrected chi connectivity index (χ4v) is 2.77. The number of thioether (sulfide) groups is 1. The topological polar surface area (TPSA) is 12.4 Å². The van der Waals surface area contributed by atoms with E-state index in [4.69, 9.17) is 0 Å². The van der Waals surface area contributed by atoms with E-state index in [0.717, 1.165) is 12.8 Å². The lowest BCUT2D eigenvalue weighted by molar-refractivity contribution is 1.02. The lowest BCUT2D eigenvalue weighted by Gasteiger charge is -2.06. The fraction of sp³-hybridized carbons (Fsp3) is 0.308. The van der Waals surface area contributed by atoms with Crippen LogP contribution in [0.5, 0.6) is 0 Å². The molecule has 0 saturated heterocycles. The molecule has 1 aromatic rings. The molecule has 0 N–H and O–H groups in total. The van der Waals surface area contributed by atoms with E-state index in [9.17, 15) is 0 Å². The van der Waals surface area contributed by atoms with Crippen molar-refractivity contribution in [1.29, 1.82) is 0 Å². The van der Waals surface area contributed by atoms with Crippen LogP contribution in [0.4, 0.5) is 0 Å². The van der Waals surface area contributed by atoms with Crippen LogP contribution in [0.2, 0.25) is 0 Å². The van der Waals surface area contributed by atoms with Crippen LogP contribution in [0.15, 0.2) is 44.8 Å². The zero-order chi connectivity index (χ0) is 10.7. The summed E-state index contributed by atoms with van der Waals surface area (Å²) in [5.41, 5.74) is 2.47. The average Bonchev–Trinajstić information content (AvgIpc) is 2.47. The van der Waals surface area contributed by atoms with Crippen molar-refractivity contribution in [3.8, 4) is 0 Å². The first kappa shape index (κ1) is 10.5. The fourth-order valence-electron chi connectivity index (χ4n) is 1.66. The molecule has 15 heavy (non-hydrogen) atoms. The summed E-state index contributed by atoms with van der Waals surface area (Å²) in [6.45, 7) is 4.36. The van der Waals surface area contributed by atoms with Gasteiger partial charge >= 0.3 is 0 Å². The molecule has 2 heteroatoms. The van der Waals surface area contributed by atoms with Gasteiger partial charge in [0.05, 0.1) is 0 Å². The Bertz CT molecular complexity index is 418. The summed E-state index contributed by atoms with van der Waals surface area (Å²) in [4.78, 5) is 7.29. The molecule has 0 saturated carbocycles. The third-order valence-electron chi connectivity index (χ3n) is 2.49. The molecule has 0 unspecified atom stereocenters. The third-order valence-corrected chi connectivity index (χ3v) is 3.85. The van der Waals surface area contributed by atoms with Gasteiger partial charge in [0.25, 0.3) is 0 Å². The van der Waals surface area contributed by atoms with Crippen LogP contribution in [-0.2, 0) is 0 Å². The monoisotopic (exact) mass is 217 g/mol. The Morgan fingerprint density at radius 2 is 1.93 bits per heavy atom. The first-order chi connectivity index (χ1) is 7.35. The molecule has 1 nitrogen and oxygen atoms in total. The molecule has 1 heterocycles. The summed E-state index contributed by atoms with van der Waals surface area (Å²) >= 11 is 1.87. The van der Waals surface area contributed by atoms with E-state index in [1.165, 1.54) is 21.1 Å². The molecule has 0 radical (unpaired) electrons. The van der Waals surface area contributed by atoms with Crippen LogP contribution in [0, 0.1) is 0 Å². The van der Waals surface area contributed by atoms with Gasteiger partial charge in [-0.2, -0.15) is 0 Å². The van der Waals surface area contributed by atoms with Crippen LogP contribution in [0.1, 0.15) is 32.3 Å². The van der Waals surface area contributed by atoms with Crippen molar-refractivity contribution < 1.29 is 0 Å².